The minimum atomic E-state index is -3.76. The molecule has 130 valence electrons. The Morgan fingerprint density at radius 1 is 1.17 bits per heavy atom. The summed E-state index contributed by atoms with van der Waals surface area (Å²) in [7, 11) is -7.42. The molecule has 23 heavy (non-hydrogen) atoms. The van der Waals surface area contributed by atoms with Crippen molar-refractivity contribution in [1.82, 2.24) is 4.31 Å². The number of sulfonamides is 2. The van der Waals surface area contributed by atoms with Crippen molar-refractivity contribution >= 4 is 26.0 Å². The Labute approximate surface area is 137 Å². The highest BCUT2D eigenvalue weighted by Gasteiger charge is 2.26. The van der Waals surface area contributed by atoms with Gasteiger partial charge in [-0.05, 0) is 30.5 Å². The van der Waals surface area contributed by atoms with E-state index < -0.39 is 26.0 Å². The molecular weight excluding hydrogens is 340 g/mol. The monoisotopic (exact) mass is 362 g/mol. The summed E-state index contributed by atoms with van der Waals surface area (Å²) in [4.78, 5) is 12.2. The number of benzene rings is 1. The van der Waals surface area contributed by atoms with E-state index in [9.17, 15) is 21.6 Å². The van der Waals surface area contributed by atoms with Crippen LogP contribution in [-0.2, 0) is 31.3 Å². The van der Waals surface area contributed by atoms with Crippen LogP contribution < -0.4 is 5.14 Å². The second kappa shape index (κ2) is 7.41. The van der Waals surface area contributed by atoms with Crippen molar-refractivity contribution < 1.29 is 21.6 Å². The third-order valence-corrected chi connectivity index (χ3v) is 5.63. The summed E-state index contributed by atoms with van der Waals surface area (Å²) in [6, 6.07) is 5.81. The molecule has 0 aliphatic rings. The zero-order valence-corrected chi connectivity index (χ0v) is 15.0. The summed E-state index contributed by atoms with van der Waals surface area (Å²) in [5.41, 5.74) is 0.711. The molecule has 0 saturated heterocycles. The Balaban J connectivity index is 2.89. The lowest BCUT2D eigenvalue weighted by molar-refractivity contribution is -0.130. The highest BCUT2D eigenvalue weighted by Crippen LogP contribution is 2.13. The molecule has 1 aromatic rings. The lowest BCUT2D eigenvalue weighted by Crippen LogP contribution is -2.40. The van der Waals surface area contributed by atoms with Crippen LogP contribution in [0.2, 0.25) is 0 Å². The van der Waals surface area contributed by atoms with Gasteiger partial charge in [0.05, 0.1) is 11.2 Å². The Hall–Kier alpha value is -1.45. The molecule has 0 fully saturated rings. The number of nitrogens with two attached hydrogens (primary N) is 1. The summed E-state index contributed by atoms with van der Waals surface area (Å²) in [6.07, 6.45) is 1.84. The lowest BCUT2D eigenvalue weighted by atomic mass is 10.1. The minimum absolute atomic E-state index is 0.0106. The standard InChI is InChI=1S/C14H22N2O5S2/c1-4-11(2)14(17)16(22(3,18)19)10-9-12-5-7-13(8-6-12)23(15,20)21/h5-8,11H,4,9-10H2,1-3H3,(H2,15,20,21). The van der Waals surface area contributed by atoms with Gasteiger partial charge in [0.1, 0.15) is 0 Å². The van der Waals surface area contributed by atoms with Gasteiger partial charge in [-0.1, -0.05) is 26.0 Å². The topological polar surface area (TPSA) is 115 Å². The smallest absolute Gasteiger partial charge is 0.238 e. The van der Waals surface area contributed by atoms with Gasteiger partial charge in [0, 0.05) is 12.5 Å². The number of hydrogen-bond donors (Lipinski definition) is 1. The molecule has 7 nitrogen and oxygen atoms in total. The number of carbonyl (C=O) groups excluding carboxylic acids is 1. The predicted molar refractivity (Wildman–Crippen MR) is 87.5 cm³/mol. The second-order valence-corrected chi connectivity index (χ2v) is 8.89. The van der Waals surface area contributed by atoms with Crippen LogP contribution in [0, 0.1) is 5.92 Å². The van der Waals surface area contributed by atoms with Gasteiger partial charge in [-0.15, -0.1) is 0 Å². The molecule has 0 radical (unpaired) electrons. The molecule has 0 heterocycles. The molecule has 0 aliphatic carbocycles. The minimum Gasteiger partial charge on any atom is -0.274 e. The van der Waals surface area contributed by atoms with E-state index >= 15 is 0 Å². The second-order valence-electron chi connectivity index (χ2n) is 5.42. The van der Waals surface area contributed by atoms with Gasteiger partial charge in [0.15, 0.2) is 0 Å². The van der Waals surface area contributed by atoms with Crippen LogP contribution in [-0.4, -0.2) is 39.8 Å². The first-order valence-corrected chi connectivity index (χ1v) is 10.5. The normalized spacial score (nSPS) is 13.6. The van der Waals surface area contributed by atoms with Gasteiger partial charge < -0.3 is 0 Å². The van der Waals surface area contributed by atoms with Gasteiger partial charge in [0.2, 0.25) is 26.0 Å². The van der Waals surface area contributed by atoms with E-state index in [-0.39, 0.29) is 17.4 Å². The Bertz CT molecular complexity index is 755. The van der Waals surface area contributed by atoms with Crippen molar-refractivity contribution in [3.8, 4) is 0 Å². The van der Waals surface area contributed by atoms with Gasteiger partial charge in [-0.25, -0.2) is 26.3 Å². The van der Waals surface area contributed by atoms with Crippen molar-refractivity contribution in [2.24, 2.45) is 11.1 Å². The van der Waals surface area contributed by atoms with Gasteiger partial charge in [0.25, 0.3) is 0 Å². The van der Waals surface area contributed by atoms with Crippen molar-refractivity contribution in [2.75, 3.05) is 12.8 Å². The summed E-state index contributed by atoms with van der Waals surface area (Å²) in [5.74, 6) is -0.814. The van der Waals surface area contributed by atoms with Gasteiger partial charge >= 0.3 is 0 Å². The third-order valence-electron chi connectivity index (χ3n) is 3.54. The molecule has 0 aromatic heterocycles. The van der Waals surface area contributed by atoms with Gasteiger partial charge in [-0.2, -0.15) is 0 Å². The number of amides is 1. The maximum atomic E-state index is 12.2. The van der Waals surface area contributed by atoms with E-state index in [0.717, 1.165) is 10.6 Å². The largest absolute Gasteiger partial charge is 0.274 e. The SMILES string of the molecule is CCC(C)C(=O)N(CCc1ccc(S(N)(=O)=O)cc1)S(C)(=O)=O. The van der Waals surface area contributed by atoms with Crippen LogP contribution in [0.1, 0.15) is 25.8 Å². The maximum absolute atomic E-state index is 12.2. The molecule has 1 rings (SSSR count). The third kappa shape index (κ3) is 5.60. The van der Waals surface area contributed by atoms with Crippen molar-refractivity contribution in [2.45, 2.75) is 31.6 Å². The Kier molecular flexibility index (Phi) is 6.32. The fourth-order valence-corrected chi connectivity index (χ4v) is 3.38. The van der Waals surface area contributed by atoms with Crippen LogP contribution in [0.25, 0.3) is 0 Å². The highest BCUT2D eigenvalue weighted by atomic mass is 32.2. The number of hydrogen-bond acceptors (Lipinski definition) is 5. The number of carbonyl (C=O) groups is 1. The number of nitrogens with zero attached hydrogens (tertiary/aromatic N) is 1. The Morgan fingerprint density at radius 3 is 2.09 bits per heavy atom. The van der Waals surface area contributed by atoms with Crippen molar-refractivity contribution in [3.05, 3.63) is 29.8 Å². The molecule has 1 atom stereocenters. The average Bonchev–Trinajstić information content (AvgIpc) is 2.44. The average molecular weight is 362 g/mol. The molecule has 1 unspecified atom stereocenters. The van der Waals surface area contributed by atoms with E-state index in [1.54, 1.807) is 19.1 Å². The zero-order chi connectivity index (χ0) is 17.8. The zero-order valence-electron chi connectivity index (χ0n) is 13.4. The van der Waals surface area contributed by atoms with Crippen LogP contribution >= 0.6 is 0 Å². The van der Waals surface area contributed by atoms with E-state index in [1.807, 2.05) is 6.92 Å². The first-order valence-electron chi connectivity index (χ1n) is 7.10. The molecular formula is C14H22N2O5S2. The first kappa shape index (κ1) is 19.6. The summed E-state index contributed by atoms with van der Waals surface area (Å²) >= 11 is 0. The van der Waals surface area contributed by atoms with Crippen LogP contribution in [0.3, 0.4) is 0 Å². The van der Waals surface area contributed by atoms with Crippen molar-refractivity contribution in [3.63, 3.8) is 0 Å². The predicted octanol–water partition coefficient (Wildman–Crippen LogP) is 0.711. The van der Waals surface area contributed by atoms with E-state index in [1.165, 1.54) is 12.1 Å². The lowest BCUT2D eigenvalue weighted by Gasteiger charge is -2.23. The maximum Gasteiger partial charge on any atom is 0.238 e. The van der Waals surface area contributed by atoms with Crippen molar-refractivity contribution in [1.29, 1.82) is 0 Å². The van der Waals surface area contributed by atoms with Crippen LogP contribution in [0.4, 0.5) is 0 Å². The van der Waals surface area contributed by atoms with Crippen LogP contribution in [0.5, 0.6) is 0 Å². The van der Waals surface area contributed by atoms with E-state index in [2.05, 4.69) is 0 Å². The summed E-state index contributed by atoms with van der Waals surface area (Å²) in [5, 5.41) is 5.01. The summed E-state index contributed by atoms with van der Waals surface area (Å²) < 4.78 is 46.9. The van der Waals surface area contributed by atoms with Gasteiger partial charge in [-0.3, -0.25) is 4.79 Å². The first-order chi connectivity index (χ1) is 10.5. The fourth-order valence-electron chi connectivity index (χ4n) is 1.94. The number of primary sulfonamides is 1. The molecule has 0 saturated carbocycles. The highest BCUT2D eigenvalue weighted by molar-refractivity contribution is 7.89. The number of rotatable bonds is 7. The molecule has 9 heteroatoms. The quantitative estimate of drug-likeness (QED) is 0.767. The summed E-state index contributed by atoms with van der Waals surface area (Å²) in [6.45, 7) is 3.51. The van der Waals surface area contributed by atoms with E-state index in [0.29, 0.717) is 18.4 Å². The molecule has 0 spiro atoms. The Morgan fingerprint density at radius 2 is 1.70 bits per heavy atom. The van der Waals surface area contributed by atoms with Crippen LogP contribution in [0.15, 0.2) is 29.2 Å². The molecule has 0 aliphatic heterocycles. The molecule has 1 amide bonds. The molecule has 2 N–H and O–H groups in total. The molecule has 0 bridgehead atoms. The fraction of sp³-hybridized carbons (Fsp3) is 0.500. The molecule has 1 aromatic carbocycles. The van der Waals surface area contributed by atoms with E-state index in [4.69, 9.17) is 5.14 Å².